The van der Waals surface area contributed by atoms with Crippen molar-refractivity contribution in [3.8, 4) is 17.3 Å². The van der Waals surface area contributed by atoms with Gasteiger partial charge in [-0.15, -0.1) is 0 Å². The normalized spacial score (nSPS) is 16.7. The standard InChI is InChI=1S/C28H36FN3O3/c1-3-11-22(33)18-31(19-23-14-10-17-34-23)20-24-26(4-2)30-32(21-12-6-5-7-13-21)28(24)35-27-16-9-8-15-25(27)29/h5-9,12-13,15-16,22-23,33H,3-4,10-11,14,17-20H2,1-2H3. The van der Waals surface area contributed by atoms with E-state index in [0.717, 1.165) is 55.8 Å². The Labute approximate surface area is 207 Å². The van der Waals surface area contributed by atoms with E-state index in [-0.39, 0.29) is 11.9 Å². The topological polar surface area (TPSA) is 59.8 Å². The highest BCUT2D eigenvalue weighted by Crippen LogP contribution is 2.33. The molecule has 1 aromatic heterocycles. The van der Waals surface area contributed by atoms with E-state index in [9.17, 15) is 9.50 Å². The zero-order valence-corrected chi connectivity index (χ0v) is 20.7. The van der Waals surface area contributed by atoms with Gasteiger partial charge in [0.1, 0.15) is 0 Å². The largest absolute Gasteiger partial charge is 0.435 e. The van der Waals surface area contributed by atoms with Crippen LogP contribution in [-0.4, -0.2) is 51.7 Å². The van der Waals surface area contributed by atoms with E-state index >= 15 is 0 Å². The third-order valence-electron chi connectivity index (χ3n) is 6.36. The predicted octanol–water partition coefficient (Wildman–Crippen LogP) is 5.51. The number of aromatic nitrogens is 2. The molecule has 2 heterocycles. The van der Waals surface area contributed by atoms with Gasteiger partial charge in [-0.25, -0.2) is 9.07 Å². The molecule has 7 heteroatoms. The molecule has 1 fully saturated rings. The number of nitrogens with zero attached hydrogens (tertiary/aromatic N) is 3. The maximum Gasteiger partial charge on any atom is 0.227 e. The van der Waals surface area contributed by atoms with Crippen LogP contribution < -0.4 is 4.74 Å². The molecule has 0 spiro atoms. The van der Waals surface area contributed by atoms with Crippen molar-refractivity contribution in [3.05, 3.63) is 71.7 Å². The van der Waals surface area contributed by atoms with E-state index in [1.807, 2.05) is 30.3 Å². The minimum Gasteiger partial charge on any atom is -0.435 e. The third kappa shape index (κ3) is 6.48. The van der Waals surface area contributed by atoms with Crippen LogP contribution in [0.5, 0.6) is 11.6 Å². The Hall–Kier alpha value is -2.74. The monoisotopic (exact) mass is 481 g/mol. The second kappa shape index (κ2) is 12.3. The smallest absolute Gasteiger partial charge is 0.227 e. The fourth-order valence-electron chi connectivity index (χ4n) is 4.63. The van der Waals surface area contributed by atoms with Gasteiger partial charge in [-0.2, -0.15) is 5.10 Å². The fraction of sp³-hybridized carbons (Fsp3) is 0.464. The first kappa shape index (κ1) is 25.4. The van der Waals surface area contributed by atoms with Gasteiger partial charge in [-0.1, -0.05) is 50.6 Å². The summed E-state index contributed by atoms with van der Waals surface area (Å²) in [6, 6.07) is 16.2. The van der Waals surface area contributed by atoms with Crippen molar-refractivity contribution < 1.29 is 19.0 Å². The lowest BCUT2D eigenvalue weighted by Gasteiger charge is -2.27. The molecule has 2 unspecified atom stereocenters. The Morgan fingerprint density at radius 1 is 1.17 bits per heavy atom. The lowest BCUT2D eigenvalue weighted by atomic mass is 10.1. The average molecular weight is 482 g/mol. The minimum absolute atomic E-state index is 0.147. The lowest BCUT2D eigenvalue weighted by molar-refractivity contribution is 0.0437. The first-order chi connectivity index (χ1) is 17.1. The van der Waals surface area contributed by atoms with Crippen LogP contribution in [-0.2, 0) is 17.7 Å². The van der Waals surface area contributed by atoms with Gasteiger partial charge in [0, 0.05) is 26.2 Å². The summed E-state index contributed by atoms with van der Waals surface area (Å²) in [5.74, 6) is 0.234. The number of aliphatic hydroxyl groups is 1. The van der Waals surface area contributed by atoms with Crippen LogP contribution in [0.2, 0.25) is 0 Å². The molecule has 1 N–H and O–H groups in total. The van der Waals surface area contributed by atoms with Gasteiger partial charge in [0.2, 0.25) is 5.88 Å². The van der Waals surface area contributed by atoms with Crippen LogP contribution in [0.15, 0.2) is 54.6 Å². The van der Waals surface area contributed by atoms with E-state index in [0.29, 0.717) is 25.4 Å². The van der Waals surface area contributed by atoms with Crippen molar-refractivity contribution in [1.29, 1.82) is 0 Å². The number of para-hydroxylation sites is 2. The van der Waals surface area contributed by atoms with Crippen LogP contribution in [0.1, 0.15) is 50.8 Å². The van der Waals surface area contributed by atoms with Gasteiger partial charge in [-0.3, -0.25) is 4.90 Å². The molecule has 2 aromatic carbocycles. The maximum atomic E-state index is 14.6. The Bertz CT molecular complexity index is 1070. The summed E-state index contributed by atoms with van der Waals surface area (Å²) in [4.78, 5) is 2.23. The Morgan fingerprint density at radius 2 is 1.94 bits per heavy atom. The third-order valence-corrected chi connectivity index (χ3v) is 6.36. The van der Waals surface area contributed by atoms with Crippen LogP contribution in [0.3, 0.4) is 0 Å². The number of aliphatic hydroxyl groups excluding tert-OH is 1. The molecule has 1 saturated heterocycles. The van der Waals surface area contributed by atoms with Gasteiger partial charge in [-0.05, 0) is 49.9 Å². The van der Waals surface area contributed by atoms with Crippen molar-refractivity contribution in [2.45, 2.75) is 64.7 Å². The van der Waals surface area contributed by atoms with Crippen LogP contribution in [0.4, 0.5) is 4.39 Å². The van der Waals surface area contributed by atoms with E-state index in [4.69, 9.17) is 14.6 Å². The highest BCUT2D eigenvalue weighted by atomic mass is 19.1. The van der Waals surface area contributed by atoms with E-state index in [1.54, 1.807) is 22.9 Å². The Kier molecular flexibility index (Phi) is 8.90. The molecular formula is C28H36FN3O3. The number of hydrogen-bond donors (Lipinski definition) is 1. The molecule has 0 radical (unpaired) electrons. The summed E-state index contributed by atoms with van der Waals surface area (Å²) in [6.07, 6.45) is 4.16. The summed E-state index contributed by atoms with van der Waals surface area (Å²) in [5, 5.41) is 15.5. The predicted molar refractivity (Wildman–Crippen MR) is 135 cm³/mol. The molecule has 4 rings (SSSR count). The van der Waals surface area contributed by atoms with Crippen LogP contribution in [0, 0.1) is 5.82 Å². The number of rotatable bonds is 12. The molecule has 35 heavy (non-hydrogen) atoms. The van der Waals surface area contributed by atoms with Crippen molar-refractivity contribution >= 4 is 0 Å². The van der Waals surface area contributed by atoms with E-state index in [2.05, 4.69) is 18.7 Å². The SMILES string of the molecule is CCCC(O)CN(Cc1c(CC)nn(-c2ccccc2)c1Oc1ccccc1F)CC1CCCO1. The second-order valence-corrected chi connectivity index (χ2v) is 9.14. The number of aryl methyl sites for hydroxylation is 1. The molecule has 0 amide bonds. The molecule has 188 valence electrons. The maximum absolute atomic E-state index is 14.6. The molecule has 1 aliphatic rings. The van der Waals surface area contributed by atoms with Crippen molar-refractivity contribution in [2.75, 3.05) is 19.7 Å². The molecular weight excluding hydrogens is 445 g/mol. The van der Waals surface area contributed by atoms with Gasteiger partial charge < -0.3 is 14.6 Å². The van der Waals surface area contributed by atoms with Gasteiger partial charge >= 0.3 is 0 Å². The summed E-state index contributed by atoms with van der Waals surface area (Å²) in [5.41, 5.74) is 2.64. The van der Waals surface area contributed by atoms with E-state index in [1.165, 1.54) is 6.07 Å². The highest BCUT2D eigenvalue weighted by molar-refractivity contribution is 5.44. The molecule has 0 bridgehead atoms. The average Bonchev–Trinajstić information content (AvgIpc) is 3.49. The van der Waals surface area contributed by atoms with E-state index < -0.39 is 11.9 Å². The van der Waals surface area contributed by atoms with Gasteiger partial charge in [0.05, 0.1) is 29.2 Å². The van der Waals surface area contributed by atoms with Crippen LogP contribution in [0.25, 0.3) is 5.69 Å². The second-order valence-electron chi connectivity index (χ2n) is 9.14. The Balaban J connectivity index is 1.72. The summed E-state index contributed by atoms with van der Waals surface area (Å²) in [6.45, 7) is 6.70. The molecule has 2 atom stereocenters. The summed E-state index contributed by atoms with van der Waals surface area (Å²) >= 11 is 0. The van der Waals surface area contributed by atoms with Gasteiger partial charge in [0.25, 0.3) is 0 Å². The van der Waals surface area contributed by atoms with Crippen molar-refractivity contribution in [1.82, 2.24) is 14.7 Å². The van der Waals surface area contributed by atoms with Crippen molar-refractivity contribution in [2.24, 2.45) is 0 Å². The molecule has 0 saturated carbocycles. The number of benzene rings is 2. The van der Waals surface area contributed by atoms with Crippen molar-refractivity contribution in [3.63, 3.8) is 0 Å². The quantitative estimate of drug-likeness (QED) is 0.370. The summed E-state index contributed by atoms with van der Waals surface area (Å²) in [7, 11) is 0. The molecule has 0 aliphatic carbocycles. The van der Waals surface area contributed by atoms with Crippen LogP contribution >= 0.6 is 0 Å². The zero-order valence-electron chi connectivity index (χ0n) is 20.7. The number of hydrogen-bond acceptors (Lipinski definition) is 5. The lowest BCUT2D eigenvalue weighted by Crippen LogP contribution is -2.37. The Morgan fingerprint density at radius 3 is 2.63 bits per heavy atom. The number of halogens is 1. The molecule has 3 aromatic rings. The first-order valence-electron chi connectivity index (χ1n) is 12.7. The highest BCUT2D eigenvalue weighted by Gasteiger charge is 2.26. The molecule has 6 nitrogen and oxygen atoms in total. The summed E-state index contributed by atoms with van der Waals surface area (Å²) < 4.78 is 28.5. The minimum atomic E-state index is -0.424. The van der Waals surface area contributed by atoms with Gasteiger partial charge in [0.15, 0.2) is 11.6 Å². The fourth-order valence-corrected chi connectivity index (χ4v) is 4.63. The molecule has 1 aliphatic heterocycles. The number of ether oxygens (including phenoxy) is 2. The zero-order chi connectivity index (χ0) is 24.6. The first-order valence-corrected chi connectivity index (χ1v) is 12.7.